The molecular formula is C19H28N4OS. The molecule has 1 aliphatic rings. The molecule has 1 unspecified atom stereocenters. The Kier molecular flexibility index (Phi) is 5.27. The summed E-state index contributed by atoms with van der Waals surface area (Å²) >= 11 is 1.52. The second-order valence-corrected chi connectivity index (χ2v) is 8.00. The van der Waals surface area contributed by atoms with Crippen LogP contribution in [0, 0.1) is 19.8 Å². The van der Waals surface area contributed by atoms with Crippen LogP contribution in [0.4, 0.5) is 5.82 Å². The quantitative estimate of drug-likeness (QED) is 0.826. The average molecular weight is 361 g/mol. The fourth-order valence-electron chi connectivity index (χ4n) is 3.69. The molecule has 1 saturated heterocycles. The van der Waals surface area contributed by atoms with E-state index in [1.165, 1.54) is 17.8 Å². The van der Waals surface area contributed by atoms with Crippen LogP contribution >= 0.6 is 11.3 Å². The Morgan fingerprint density at radius 3 is 2.64 bits per heavy atom. The molecule has 2 aromatic heterocycles. The number of aromatic nitrogens is 2. The predicted octanol–water partition coefficient (Wildman–Crippen LogP) is 4.03. The summed E-state index contributed by atoms with van der Waals surface area (Å²) in [4.78, 5) is 28.5. The highest BCUT2D eigenvalue weighted by molar-refractivity contribution is 7.20. The van der Waals surface area contributed by atoms with Gasteiger partial charge < -0.3 is 9.80 Å². The van der Waals surface area contributed by atoms with E-state index in [1.54, 1.807) is 0 Å². The van der Waals surface area contributed by atoms with Gasteiger partial charge in [0.05, 0.1) is 10.3 Å². The molecule has 0 aromatic carbocycles. The van der Waals surface area contributed by atoms with Crippen molar-refractivity contribution in [2.75, 3.05) is 31.1 Å². The Labute approximate surface area is 154 Å². The minimum absolute atomic E-state index is 0.162. The molecule has 5 nitrogen and oxygen atoms in total. The van der Waals surface area contributed by atoms with Gasteiger partial charge in [-0.3, -0.25) is 4.79 Å². The number of carbonyl (C=O) groups excluding carboxylic acids is 1. The first-order chi connectivity index (χ1) is 12.0. The van der Waals surface area contributed by atoms with E-state index in [9.17, 15) is 4.79 Å². The number of hydrogen-bond donors (Lipinski definition) is 0. The molecule has 0 spiro atoms. The summed E-state index contributed by atoms with van der Waals surface area (Å²) in [6.07, 6.45) is 2.31. The number of anilines is 1. The van der Waals surface area contributed by atoms with Gasteiger partial charge in [-0.1, -0.05) is 6.92 Å². The van der Waals surface area contributed by atoms with Crippen molar-refractivity contribution in [2.45, 2.75) is 47.5 Å². The van der Waals surface area contributed by atoms with Gasteiger partial charge in [0.15, 0.2) is 0 Å². The maximum atomic E-state index is 13.1. The third-order valence-corrected chi connectivity index (χ3v) is 6.26. The van der Waals surface area contributed by atoms with Crippen molar-refractivity contribution in [3.8, 4) is 0 Å². The second kappa shape index (κ2) is 7.28. The molecule has 1 aliphatic heterocycles. The Balaban J connectivity index is 2.07. The van der Waals surface area contributed by atoms with Crippen LogP contribution in [0.2, 0.25) is 0 Å². The molecule has 1 amide bonds. The second-order valence-electron chi connectivity index (χ2n) is 7.00. The maximum absolute atomic E-state index is 13.1. The topological polar surface area (TPSA) is 49.3 Å². The minimum Gasteiger partial charge on any atom is -0.357 e. The highest BCUT2D eigenvalue weighted by Gasteiger charge is 2.27. The molecule has 3 rings (SSSR count). The van der Waals surface area contributed by atoms with Crippen molar-refractivity contribution in [2.24, 2.45) is 5.92 Å². The van der Waals surface area contributed by atoms with Crippen LogP contribution < -0.4 is 4.90 Å². The average Bonchev–Trinajstić information content (AvgIpc) is 2.91. The summed E-state index contributed by atoms with van der Waals surface area (Å²) in [5, 5.41) is 1.05. The maximum Gasteiger partial charge on any atom is 0.264 e. The van der Waals surface area contributed by atoms with Crippen molar-refractivity contribution in [3.05, 3.63) is 16.3 Å². The Bertz CT molecular complexity index is 781. The van der Waals surface area contributed by atoms with Crippen LogP contribution in [0.25, 0.3) is 10.2 Å². The third-order valence-electron chi connectivity index (χ3n) is 5.08. The molecule has 3 heterocycles. The zero-order valence-corrected chi connectivity index (χ0v) is 16.7. The van der Waals surface area contributed by atoms with E-state index in [-0.39, 0.29) is 5.91 Å². The third kappa shape index (κ3) is 3.36. The van der Waals surface area contributed by atoms with E-state index in [4.69, 9.17) is 4.98 Å². The number of piperidine rings is 1. The number of carbonyl (C=O) groups is 1. The lowest BCUT2D eigenvalue weighted by Crippen LogP contribution is -2.39. The summed E-state index contributed by atoms with van der Waals surface area (Å²) in [6.45, 7) is 14.0. The van der Waals surface area contributed by atoms with Gasteiger partial charge in [0, 0.05) is 26.2 Å². The zero-order valence-electron chi connectivity index (χ0n) is 15.9. The number of likely N-dealkylation sites (tertiary alicyclic amines) is 1. The van der Waals surface area contributed by atoms with Crippen LogP contribution in [0.1, 0.15) is 54.7 Å². The number of thiophene rings is 1. The summed E-state index contributed by atoms with van der Waals surface area (Å²) in [7, 11) is 0. The highest BCUT2D eigenvalue weighted by atomic mass is 32.1. The van der Waals surface area contributed by atoms with E-state index in [1.807, 2.05) is 18.7 Å². The number of rotatable bonds is 4. The van der Waals surface area contributed by atoms with E-state index in [2.05, 4.69) is 30.7 Å². The van der Waals surface area contributed by atoms with E-state index in [0.29, 0.717) is 5.92 Å². The number of nitrogens with zero attached hydrogens (tertiary/aromatic N) is 4. The van der Waals surface area contributed by atoms with Gasteiger partial charge in [-0.25, -0.2) is 9.97 Å². The molecule has 0 aliphatic carbocycles. The zero-order chi connectivity index (χ0) is 18.1. The first-order valence-corrected chi connectivity index (χ1v) is 10.1. The number of amides is 1. The Morgan fingerprint density at radius 2 is 2.00 bits per heavy atom. The minimum atomic E-state index is 0.162. The van der Waals surface area contributed by atoms with Crippen molar-refractivity contribution < 1.29 is 4.79 Å². The summed E-state index contributed by atoms with van der Waals surface area (Å²) in [6, 6.07) is 0. The van der Waals surface area contributed by atoms with Crippen LogP contribution in [-0.4, -0.2) is 47.0 Å². The highest BCUT2D eigenvalue weighted by Crippen LogP contribution is 2.36. The number of aryl methyl sites for hydroxylation is 2. The molecule has 2 aromatic rings. The van der Waals surface area contributed by atoms with E-state index < -0.39 is 0 Å². The first-order valence-electron chi connectivity index (χ1n) is 9.28. The van der Waals surface area contributed by atoms with Gasteiger partial charge in [-0.15, -0.1) is 11.3 Å². The summed E-state index contributed by atoms with van der Waals surface area (Å²) in [5.41, 5.74) is 1.03. The van der Waals surface area contributed by atoms with Crippen LogP contribution in [-0.2, 0) is 0 Å². The summed E-state index contributed by atoms with van der Waals surface area (Å²) in [5.74, 6) is 2.48. The lowest BCUT2D eigenvalue weighted by atomic mass is 10.00. The fraction of sp³-hybridized carbons (Fsp3) is 0.632. The SMILES string of the molecule is CCN(CC)c1nc(C)nc2sc(C(=O)N3CCCC(C)C3)c(C)c12. The standard InChI is InChI=1S/C19H28N4OS/c1-6-22(7-2)17-15-13(4)16(25-18(15)21-14(5)20-17)19(24)23-10-8-9-12(3)11-23/h12H,6-11H2,1-5H3. The molecule has 136 valence electrons. The molecule has 0 saturated carbocycles. The first kappa shape index (κ1) is 18.1. The number of hydrogen-bond acceptors (Lipinski definition) is 5. The van der Waals surface area contributed by atoms with Crippen molar-refractivity contribution in [1.82, 2.24) is 14.9 Å². The molecule has 6 heteroatoms. The van der Waals surface area contributed by atoms with E-state index >= 15 is 0 Å². The van der Waals surface area contributed by atoms with Gasteiger partial charge in [-0.05, 0) is 52.0 Å². The molecular weight excluding hydrogens is 332 g/mol. The smallest absolute Gasteiger partial charge is 0.264 e. The summed E-state index contributed by atoms with van der Waals surface area (Å²) < 4.78 is 0. The Morgan fingerprint density at radius 1 is 1.28 bits per heavy atom. The van der Waals surface area contributed by atoms with Gasteiger partial charge in [0.1, 0.15) is 16.5 Å². The molecule has 0 radical (unpaired) electrons. The molecule has 0 bridgehead atoms. The van der Waals surface area contributed by atoms with Crippen LogP contribution in [0.15, 0.2) is 0 Å². The monoisotopic (exact) mass is 360 g/mol. The van der Waals surface area contributed by atoms with Crippen LogP contribution in [0.5, 0.6) is 0 Å². The van der Waals surface area contributed by atoms with Gasteiger partial charge in [0.25, 0.3) is 5.91 Å². The molecule has 1 atom stereocenters. The van der Waals surface area contributed by atoms with Crippen molar-refractivity contribution in [3.63, 3.8) is 0 Å². The molecule has 25 heavy (non-hydrogen) atoms. The number of fused-ring (bicyclic) bond motifs is 1. The largest absolute Gasteiger partial charge is 0.357 e. The van der Waals surface area contributed by atoms with Crippen molar-refractivity contribution >= 4 is 33.3 Å². The van der Waals surface area contributed by atoms with E-state index in [0.717, 1.165) is 64.9 Å². The van der Waals surface area contributed by atoms with Gasteiger partial charge in [-0.2, -0.15) is 0 Å². The molecule has 0 N–H and O–H groups in total. The predicted molar refractivity (Wildman–Crippen MR) is 105 cm³/mol. The Hall–Kier alpha value is -1.69. The lowest BCUT2D eigenvalue weighted by Gasteiger charge is -2.30. The van der Waals surface area contributed by atoms with Gasteiger partial charge >= 0.3 is 0 Å². The van der Waals surface area contributed by atoms with Crippen LogP contribution in [0.3, 0.4) is 0 Å². The molecule has 1 fully saturated rings. The normalized spacial score (nSPS) is 18.0. The fourth-order valence-corrected chi connectivity index (χ4v) is 4.88. The van der Waals surface area contributed by atoms with Gasteiger partial charge in [0.2, 0.25) is 0 Å². The van der Waals surface area contributed by atoms with Crippen molar-refractivity contribution in [1.29, 1.82) is 0 Å². The lowest BCUT2D eigenvalue weighted by molar-refractivity contribution is 0.0687.